The molecule has 0 spiro atoms. The van der Waals surface area contributed by atoms with Gasteiger partial charge in [0.15, 0.2) is 0 Å². The molecule has 1 N–H and O–H groups in total. The molecule has 3 nitrogen and oxygen atoms in total. The van der Waals surface area contributed by atoms with Gasteiger partial charge in [0.25, 0.3) is 0 Å². The first-order valence-corrected chi connectivity index (χ1v) is 6.52. The zero-order valence-electron chi connectivity index (χ0n) is 8.90. The van der Waals surface area contributed by atoms with E-state index in [1.807, 2.05) is 19.1 Å². The lowest BCUT2D eigenvalue weighted by atomic mass is 10.2. The molecule has 0 saturated carbocycles. The van der Waals surface area contributed by atoms with E-state index < -0.39 is 10.8 Å². The van der Waals surface area contributed by atoms with Crippen molar-refractivity contribution in [2.75, 3.05) is 13.1 Å². The summed E-state index contributed by atoms with van der Waals surface area (Å²) in [6.07, 6.45) is 3.93. The van der Waals surface area contributed by atoms with Crippen LogP contribution in [0.1, 0.15) is 18.4 Å². The summed E-state index contributed by atoms with van der Waals surface area (Å²) in [5.74, 6) is 0. The Hall–Kier alpha value is -0.740. The third kappa shape index (κ3) is 2.63. The van der Waals surface area contributed by atoms with Gasteiger partial charge in [0.05, 0.1) is 16.0 Å². The molecular formula is C11H16N2OS. The molecule has 0 amide bonds. The normalized spacial score (nSPS) is 23.7. The van der Waals surface area contributed by atoms with Gasteiger partial charge in [-0.25, -0.2) is 4.98 Å². The molecule has 1 aromatic heterocycles. The minimum absolute atomic E-state index is 0.231. The van der Waals surface area contributed by atoms with Crippen LogP contribution in [0.5, 0.6) is 0 Å². The van der Waals surface area contributed by atoms with Gasteiger partial charge in [0, 0.05) is 12.7 Å². The number of nitrogens with one attached hydrogen (secondary N) is 1. The van der Waals surface area contributed by atoms with Gasteiger partial charge in [0.2, 0.25) is 0 Å². The van der Waals surface area contributed by atoms with E-state index in [4.69, 9.17) is 0 Å². The summed E-state index contributed by atoms with van der Waals surface area (Å²) < 4.78 is 12.1. The largest absolute Gasteiger partial charge is 0.316 e. The average molecular weight is 224 g/mol. The molecule has 4 heteroatoms. The van der Waals surface area contributed by atoms with Crippen molar-refractivity contribution < 1.29 is 4.21 Å². The van der Waals surface area contributed by atoms with Crippen molar-refractivity contribution in [3.63, 3.8) is 0 Å². The maximum absolute atomic E-state index is 12.1. The van der Waals surface area contributed by atoms with Crippen molar-refractivity contribution in [2.24, 2.45) is 0 Å². The van der Waals surface area contributed by atoms with Crippen LogP contribution < -0.4 is 5.32 Å². The molecule has 2 atom stereocenters. The molecule has 1 fully saturated rings. The number of piperidine rings is 1. The van der Waals surface area contributed by atoms with Crippen LogP contribution in [0.25, 0.3) is 0 Å². The monoisotopic (exact) mass is 224 g/mol. The zero-order valence-corrected chi connectivity index (χ0v) is 9.72. The van der Waals surface area contributed by atoms with E-state index in [2.05, 4.69) is 10.3 Å². The number of hydrogen-bond donors (Lipinski definition) is 1. The number of rotatable bonds is 2. The summed E-state index contributed by atoms with van der Waals surface area (Å²) in [4.78, 5) is 4.23. The summed E-state index contributed by atoms with van der Waals surface area (Å²) in [6, 6.07) is 3.84. The molecule has 0 unspecified atom stereocenters. The minimum atomic E-state index is -0.952. The Balaban J connectivity index is 2.09. The predicted molar refractivity (Wildman–Crippen MR) is 61.3 cm³/mol. The fraction of sp³-hybridized carbons (Fsp3) is 0.545. The van der Waals surface area contributed by atoms with Gasteiger partial charge in [0.1, 0.15) is 5.03 Å². The Morgan fingerprint density at radius 3 is 3.00 bits per heavy atom. The van der Waals surface area contributed by atoms with E-state index in [1.54, 1.807) is 6.20 Å². The molecule has 2 rings (SSSR count). The number of nitrogens with zero attached hydrogens (tertiary/aromatic N) is 1. The fourth-order valence-electron chi connectivity index (χ4n) is 1.75. The fourth-order valence-corrected chi connectivity index (χ4v) is 3.10. The molecule has 1 aliphatic rings. The minimum Gasteiger partial charge on any atom is -0.316 e. The van der Waals surface area contributed by atoms with Gasteiger partial charge in [-0.1, -0.05) is 6.07 Å². The molecule has 15 heavy (non-hydrogen) atoms. The summed E-state index contributed by atoms with van der Waals surface area (Å²) in [6.45, 7) is 3.89. The maximum atomic E-state index is 12.1. The van der Waals surface area contributed by atoms with Crippen molar-refractivity contribution >= 4 is 10.8 Å². The smallest absolute Gasteiger partial charge is 0.127 e. The summed E-state index contributed by atoms with van der Waals surface area (Å²) in [5, 5.41) is 4.22. The number of aromatic nitrogens is 1. The van der Waals surface area contributed by atoms with Gasteiger partial charge in [-0.15, -0.1) is 0 Å². The second-order valence-electron chi connectivity index (χ2n) is 3.94. The molecule has 0 aromatic carbocycles. The predicted octanol–water partition coefficient (Wildman–Crippen LogP) is 1.25. The Morgan fingerprint density at radius 2 is 2.40 bits per heavy atom. The van der Waals surface area contributed by atoms with Crippen LogP contribution in [-0.2, 0) is 10.8 Å². The van der Waals surface area contributed by atoms with Crippen LogP contribution in [0.3, 0.4) is 0 Å². The zero-order chi connectivity index (χ0) is 10.7. The molecule has 2 heterocycles. The molecule has 0 bridgehead atoms. The Labute approximate surface area is 92.8 Å². The van der Waals surface area contributed by atoms with Crippen LogP contribution in [0.2, 0.25) is 0 Å². The third-order valence-electron chi connectivity index (χ3n) is 2.64. The van der Waals surface area contributed by atoms with Crippen LogP contribution in [0, 0.1) is 6.92 Å². The lowest BCUT2D eigenvalue weighted by Crippen LogP contribution is -2.36. The summed E-state index contributed by atoms with van der Waals surface area (Å²) in [7, 11) is -0.952. The highest BCUT2D eigenvalue weighted by Crippen LogP contribution is 2.15. The molecule has 82 valence electrons. The van der Waals surface area contributed by atoms with Crippen LogP contribution in [0.4, 0.5) is 0 Å². The van der Waals surface area contributed by atoms with E-state index in [0.29, 0.717) is 5.03 Å². The van der Waals surface area contributed by atoms with Gasteiger partial charge in [-0.05, 0) is 37.9 Å². The van der Waals surface area contributed by atoms with Crippen molar-refractivity contribution in [1.82, 2.24) is 10.3 Å². The van der Waals surface area contributed by atoms with Gasteiger partial charge in [-0.2, -0.15) is 0 Å². The van der Waals surface area contributed by atoms with Crippen molar-refractivity contribution in [3.05, 3.63) is 23.9 Å². The Bertz CT molecular complexity index is 344. The van der Waals surface area contributed by atoms with E-state index >= 15 is 0 Å². The summed E-state index contributed by atoms with van der Waals surface area (Å²) >= 11 is 0. The number of aryl methyl sites for hydroxylation is 1. The molecule has 0 aliphatic carbocycles. The van der Waals surface area contributed by atoms with Crippen LogP contribution >= 0.6 is 0 Å². The number of pyridine rings is 1. The first kappa shape index (κ1) is 10.8. The highest BCUT2D eigenvalue weighted by Gasteiger charge is 2.21. The first-order chi connectivity index (χ1) is 7.27. The highest BCUT2D eigenvalue weighted by molar-refractivity contribution is 7.85. The van der Waals surface area contributed by atoms with Gasteiger partial charge < -0.3 is 5.32 Å². The first-order valence-electron chi connectivity index (χ1n) is 5.31. The van der Waals surface area contributed by atoms with Gasteiger partial charge in [-0.3, -0.25) is 4.21 Å². The highest BCUT2D eigenvalue weighted by atomic mass is 32.2. The van der Waals surface area contributed by atoms with E-state index in [-0.39, 0.29) is 5.25 Å². The van der Waals surface area contributed by atoms with Gasteiger partial charge >= 0.3 is 0 Å². The molecular weight excluding hydrogens is 208 g/mol. The topological polar surface area (TPSA) is 42.0 Å². The van der Waals surface area contributed by atoms with Crippen molar-refractivity contribution in [3.8, 4) is 0 Å². The second-order valence-corrected chi connectivity index (χ2v) is 5.62. The second kappa shape index (κ2) is 4.86. The van der Waals surface area contributed by atoms with Crippen molar-refractivity contribution in [2.45, 2.75) is 30.0 Å². The molecule has 0 radical (unpaired) electrons. The third-order valence-corrected chi connectivity index (χ3v) is 4.31. The standard InChI is InChI=1S/C11H16N2OS/c1-9-4-5-11(13-7-9)15(14)10-3-2-6-12-8-10/h4-5,7,10,12H,2-3,6,8H2,1H3/t10-,15+/m1/s1. The molecule has 1 saturated heterocycles. The van der Waals surface area contributed by atoms with Crippen molar-refractivity contribution in [1.29, 1.82) is 0 Å². The van der Waals surface area contributed by atoms with Crippen LogP contribution in [-0.4, -0.2) is 27.5 Å². The average Bonchev–Trinajstić information content (AvgIpc) is 2.30. The lowest BCUT2D eigenvalue weighted by Gasteiger charge is -2.21. The number of hydrogen-bond acceptors (Lipinski definition) is 3. The Morgan fingerprint density at radius 1 is 1.53 bits per heavy atom. The van der Waals surface area contributed by atoms with E-state index in [1.165, 1.54) is 0 Å². The van der Waals surface area contributed by atoms with E-state index in [0.717, 1.165) is 31.5 Å². The van der Waals surface area contributed by atoms with Crippen LogP contribution in [0.15, 0.2) is 23.4 Å². The van der Waals surface area contributed by atoms with E-state index in [9.17, 15) is 4.21 Å². The maximum Gasteiger partial charge on any atom is 0.127 e. The molecule has 1 aliphatic heterocycles. The lowest BCUT2D eigenvalue weighted by molar-refractivity contribution is 0.519. The summed E-state index contributed by atoms with van der Waals surface area (Å²) in [5.41, 5.74) is 1.11. The Kier molecular flexibility index (Phi) is 3.49. The quantitative estimate of drug-likeness (QED) is 0.822. The SMILES string of the molecule is Cc1ccc([S@@](=O)[C@@H]2CCCNC2)nc1. The molecule has 1 aromatic rings.